The van der Waals surface area contributed by atoms with E-state index in [0.29, 0.717) is 0 Å². The first-order chi connectivity index (χ1) is 8.61. The molecule has 1 aromatic carbocycles. The molecule has 2 rings (SSSR count). The summed E-state index contributed by atoms with van der Waals surface area (Å²) in [6, 6.07) is 3.25. The molecule has 2 aromatic rings. The summed E-state index contributed by atoms with van der Waals surface area (Å²) in [5, 5.41) is 3.81. The number of carbonyl (C=O) groups excluding carboxylic acids is 1. The lowest BCUT2D eigenvalue weighted by atomic mass is 10.3. The number of hydrogen-bond donors (Lipinski definition) is 0. The Balaban J connectivity index is 2.29. The molecule has 0 amide bonds. The molecule has 0 N–H and O–H groups in total. The van der Waals surface area contributed by atoms with Crippen LogP contribution in [0.3, 0.4) is 0 Å². The summed E-state index contributed by atoms with van der Waals surface area (Å²) in [6.45, 7) is 1.86. The van der Waals surface area contributed by atoms with E-state index in [1.165, 1.54) is 12.4 Å². The fourth-order valence-electron chi connectivity index (χ4n) is 1.30. The quantitative estimate of drug-likeness (QED) is 0.781. The number of esters is 1. The molecule has 0 radical (unpaired) electrons. The zero-order chi connectivity index (χ0) is 13.1. The second-order valence-electron chi connectivity index (χ2n) is 3.33. The normalized spacial score (nSPS) is 10.4. The Morgan fingerprint density at radius 1 is 1.39 bits per heavy atom. The lowest BCUT2D eigenvalue weighted by Crippen LogP contribution is -2.07. The van der Waals surface area contributed by atoms with Crippen molar-refractivity contribution >= 4 is 5.97 Å². The largest absolute Gasteiger partial charge is 0.460 e. The van der Waals surface area contributed by atoms with Gasteiger partial charge in [-0.1, -0.05) is 0 Å². The van der Waals surface area contributed by atoms with Gasteiger partial charge in [-0.25, -0.2) is 23.2 Å². The van der Waals surface area contributed by atoms with Crippen molar-refractivity contribution in [3.8, 4) is 5.69 Å². The minimum Gasteiger partial charge on any atom is -0.460 e. The van der Waals surface area contributed by atoms with E-state index in [1.54, 1.807) is 6.92 Å². The van der Waals surface area contributed by atoms with Crippen LogP contribution in [0.2, 0.25) is 0 Å². The Kier molecular flexibility index (Phi) is 3.31. The van der Waals surface area contributed by atoms with Gasteiger partial charge < -0.3 is 4.74 Å². The number of halogens is 2. The van der Waals surface area contributed by atoms with Crippen LogP contribution >= 0.6 is 0 Å². The number of aromatic nitrogens is 3. The van der Waals surface area contributed by atoms with Crippen molar-refractivity contribution in [3.05, 3.63) is 42.0 Å². The minimum atomic E-state index is -0.999. The monoisotopic (exact) mass is 253 g/mol. The van der Waals surface area contributed by atoms with Crippen molar-refractivity contribution in [2.75, 3.05) is 6.61 Å². The van der Waals surface area contributed by atoms with Crippen LogP contribution < -0.4 is 0 Å². The lowest BCUT2D eigenvalue weighted by molar-refractivity contribution is 0.0512. The number of benzene rings is 1. The van der Waals surface area contributed by atoms with Gasteiger partial charge in [-0.05, 0) is 19.1 Å². The number of carbonyl (C=O) groups is 1. The molecule has 5 nitrogen and oxygen atoms in total. The summed E-state index contributed by atoms with van der Waals surface area (Å²) >= 11 is 0. The molecule has 0 aliphatic heterocycles. The van der Waals surface area contributed by atoms with E-state index in [9.17, 15) is 13.6 Å². The minimum absolute atomic E-state index is 0.137. The highest BCUT2D eigenvalue weighted by molar-refractivity contribution is 5.84. The number of rotatable bonds is 3. The standard InChI is InChI=1S/C11H9F2N3O2/c1-2-18-11(17)10-14-6-16(15-10)7-3-4-8(12)9(13)5-7/h3-6H,2H2,1H3. The van der Waals surface area contributed by atoms with E-state index in [2.05, 4.69) is 10.1 Å². The molecule has 1 aromatic heterocycles. The van der Waals surface area contributed by atoms with E-state index in [-0.39, 0.29) is 18.1 Å². The van der Waals surface area contributed by atoms with Gasteiger partial charge >= 0.3 is 5.97 Å². The Labute approximate surface area is 101 Å². The van der Waals surface area contributed by atoms with Crippen LogP contribution in [0, 0.1) is 11.6 Å². The Morgan fingerprint density at radius 2 is 2.17 bits per heavy atom. The molecule has 0 aliphatic carbocycles. The van der Waals surface area contributed by atoms with E-state index < -0.39 is 17.6 Å². The molecule has 1 heterocycles. The van der Waals surface area contributed by atoms with Crippen LogP contribution in [0.25, 0.3) is 5.69 Å². The molecule has 0 fully saturated rings. The Morgan fingerprint density at radius 3 is 2.83 bits per heavy atom. The molecule has 7 heteroatoms. The predicted octanol–water partition coefficient (Wildman–Crippen LogP) is 1.72. The second kappa shape index (κ2) is 4.91. The van der Waals surface area contributed by atoms with Gasteiger partial charge in [0.25, 0.3) is 5.82 Å². The fraction of sp³-hybridized carbons (Fsp3) is 0.182. The first kappa shape index (κ1) is 12.2. The first-order valence-electron chi connectivity index (χ1n) is 5.16. The topological polar surface area (TPSA) is 57.0 Å². The van der Waals surface area contributed by atoms with Crippen molar-refractivity contribution in [1.29, 1.82) is 0 Å². The van der Waals surface area contributed by atoms with Crippen LogP contribution in [-0.4, -0.2) is 27.3 Å². The molecule has 0 spiro atoms. The third kappa shape index (κ3) is 2.34. The van der Waals surface area contributed by atoms with E-state index in [1.807, 2.05) is 0 Å². The highest BCUT2D eigenvalue weighted by Crippen LogP contribution is 2.12. The smallest absolute Gasteiger partial charge is 0.378 e. The third-order valence-electron chi connectivity index (χ3n) is 2.12. The zero-order valence-electron chi connectivity index (χ0n) is 9.43. The molecule has 94 valence electrons. The van der Waals surface area contributed by atoms with Gasteiger partial charge in [0.1, 0.15) is 6.33 Å². The van der Waals surface area contributed by atoms with Crippen molar-refractivity contribution in [3.63, 3.8) is 0 Å². The average molecular weight is 253 g/mol. The van der Waals surface area contributed by atoms with Gasteiger partial charge in [-0.3, -0.25) is 0 Å². The molecule has 0 saturated heterocycles. The number of ether oxygens (including phenoxy) is 1. The summed E-state index contributed by atoms with van der Waals surface area (Å²) in [5.74, 6) is -2.76. The van der Waals surface area contributed by atoms with Crippen molar-refractivity contribution < 1.29 is 18.3 Å². The van der Waals surface area contributed by atoms with Crippen LogP contribution in [0.5, 0.6) is 0 Å². The molecule has 0 unspecified atom stereocenters. The second-order valence-corrected chi connectivity index (χ2v) is 3.33. The van der Waals surface area contributed by atoms with E-state index in [0.717, 1.165) is 16.8 Å². The summed E-state index contributed by atoms with van der Waals surface area (Å²) in [6.07, 6.45) is 1.22. The zero-order valence-corrected chi connectivity index (χ0v) is 9.43. The summed E-state index contributed by atoms with van der Waals surface area (Å²) < 4.78 is 31.6. The maximum Gasteiger partial charge on any atom is 0.378 e. The maximum atomic E-state index is 13.0. The molecule has 18 heavy (non-hydrogen) atoms. The Hall–Kier alpha value is -2.31. The number of nitrogens with zero attached hydrogens (tertiary/aromatic N) is 3. The highest BCUT2D eigenvalue weighted by atomic mass is 19.2. The van der Waals surface area contributed by atoms with Crippen LogP contribution in [0.15, 0.2) is 24.5 Å². The molecule has 0 aliphatic rings. The van der Waals surface area contributed by atoms with Gasteiger partial charge in [0.15, 0.2) is 11.6 Å². The van der Waals surface area contributed by atoms with Gasteiger partial charge in [0.05, 0.1) is 12.3 Å². The molecular formula is C11H9F2N3O2. The van der Waals surface area contributed by atoms with Gasteiger partial charge in [-0.2, -0.15) is 0 Å². The molecular weight excluding hydrogens is 244 g/mol. The Bertz CT molecular complexity index is 583. The highest BCUT2D eigenvalue weighted by Gasteiger charge is 2.13. The maximum absolute atomic E-state index is 13.0. The van der Waals surface area contributed by atoms with Gasteiger partial charge in [-0.15, -0.1) is 5.10 Å². The van der Waals surface area contributed by atoms with Gasteiger partial charge in [0, 0.05) is 6.07 Å². The fourth-order valence-corrected chi connectivity index (χ4v) is 1.30. The van der Waals surface area contributed by atoms with Crippen molar-refractivity contribution in [1.82, 2.24) is 14.8 Å². The summed E-state index contributed by atoms with van der Waals surface area (Å²) in [7, 11) is 0. The third-order valence-corrected chi connectivity index (χ3v) is 2.12. The lowest BCUT2D eigenvalue weighted by Gasteiger charge is -2.00. The van der Waals surface area contributed by atoms with E-state index >= 15 is 0 Å². The average Bonchev–Trinajstić information content (AvgIpc) is 2.82. The van der Waals surface area contributed by atoms with E-state index in [4.69, 9.17) is 4.74 Å². The molecule has 0 atom stereocenters. The van der Waals surface area contributed by atoms with Crippen LogP contribution in [0.1, 0.15) is 17.5 Å². The molecule has 0 saturated carbocycles. The predicted molar refractivity (Wildman–Crippen MR) is 57.2 cm³/mol. The van der Waals surface area contributed by atoms with Gasteiger partial charge in [0.2, 0.25) is 0 Å². The molecule has 0 bridgehead atoms. The van der Waals surface area contributed by atoms with Crippen molar-refractivity contribution in [2.45, 2.75) is 6.92 Å². The van der Waals surface area contributed by atoms with Crippen LogP contribution in [0.4, 0.5) is 8.78 Å². The van der Waals surface area contributed by atoms with Crippen molar-refractivity contribution in [2.24, 2.45) is 0 Å². The van der Waals surface area contributed by atoms with Crippen LogP contribution in [-0.2, 0) is 4.74 Å². The summed E-state index contributed by atoms with van der Waals surface area (Å²) in [4.78, 5) is 15.0. The number of hydrogen-bond acceptors (Lipinski definition) is 4. The summed E-state index contributed by atoms with van der Waals surface area (Å²) in [5.41, 5.74) is 0.261. The first-order valence-corrected chi connectivity index (χ1v) is 5.16. The SMILES string of the molecule is CCOC(=O)c1ncn(-c2ccc(F)c(F)c2)n1.